The normalized spacial score (nSPS) is 30.1. The Morgan fingerprint density at radius 2 is 1.84 bits per heavy atom. The van der Waals surface area contributed by atoms with Crippen molar-refractivity contribution in [2.75, 3.05) is 13.7 Å². The van der Waals surface area contributed by atoms with Crippen molar-refractivity contribution in [2.45, 2.75) is 127 Å². The first kappa shape index (κ1) is 40.3. The molecule has 1 aromatic carbocycles. The number of methoxy groups -OCH3 is 1. The first-order valence-electron chi connectivity index (χ1n) is 19.3. The highest BCUT2D eigenvalue weighted by atomic mass is 32.2. The maximum Gasteiger partial charge on any atom is 0.408 e. The fourth-order valence-electron chi connectivity index (χ4n) is 7.72. The van der Waals surface area contributed by atoms with E-state index in [-0.39, 0.29) is 31.2 Å². The van der Waals surface area contributed by atoms with E-state index in [1.54, 1.807) is 41.0 Å². The standard InChI is InChI=1S/C40H55N5O9S/c1-8-25-17-24(2)11-9-10-12-27-21-40(27,36(48)44-55(50,51)39(6)15-16-39)43-34(46)32-20-30(23-45(32)35(47)33(25)42-37(49)54-38(3,4)5)53-29-19-26-18-28(52-7)13-14-31(26)41-22-29/h10,12-14,18-19,22,24-25,27,30,32-33H,8-9,11,15-17,20-21,23H2,1-7H3,(H,42,49)(H,43,46)(H,44,48)/b12-10-/t24-,25-,27-,30-,32+,33+,40-/m1/s1. The van der Waals surface area contributed by atoms with Gasteiger partial charge in [-0.1, -0.05) is 32.4 Å². The minimum Gasteiger partial charge on any atom is -0.497 e. The average Bonchev–Trinajstić information content (AvgIpc) is 4.00. The number of nitrogens with zero attached hydrogens (tertiary/aromatic N) is 2. The lowest BCUT2D eigenvalue weighted by molar-refractivity contribution is -0.142. The number of fused-ring (bicyclic) bond motifs is 3. The zero-order valence-electron chi connectivity index (χ0n) is 32.8. The van der Waals surface area contributed by atoms with Crippen LogP contribution in [0.1, 0.15) is 92.9 Å². The summed E-state index contributed by atoms with van der Waals surface area (Å²) in [5.41, 5.74) is -1.61. The molecule has 3 fully saturated rings. The number of aromatic nitrogens is 1. The lowest BCUT2D eigenvalue weighted by atomic mass is 9.85. The molecular formula is C40H55N5O9S. The number of rotatable bonds is 8. The summed E-state index contributed by atoms with van der Waals surface area (Å²) in [6.45, 7) is 10.9. The van der Waals surface area contributed by atoms with Crippen molar-refractivity contribution >= 4 is 44.7 Å². The maximum absolute atomic E-state index is 14.9. The molecule has 55 heavy (non-hydrogen) atoms. The number of benzene rings is 1. The van der Waals surface area contributed by atoms with Crippen molar-refractivity contribution < 1.29 is 41.8 Å². The molecule has 4 aliphatic rings. The van der Waals surface area contributed by atoms with Gasteiger partial charge in [-0.25, -0.2) is 13.2 Å². The Kier molecular flexibility index (Phi) is 11.2. The summed E-state index contributed by atoms with van der Waals surface area (Å²) in [4.78, 5) is 62.5. The number of nitrogens with one attached hydrogen (secondary N) is 3. The first-order valence-corrected chi connectivity index (χ1v) is 20.8. The number of hydrogen-bond acceptors (Lipinski definition) is 10. The lowest BCUT2D eigenvalue weighted by Crippen LogP contribution is -2.59. The summed E-state index contributed by atoms with van der Waals surface area (Å²) >= 11 is 0. The molecule has 0 radical (unpaired) electrons. The van der Waals surface area contributed by atoms with E-state index in [0.29, 0.717) is 43.6 Å². The third-order valence-electron chi connectivity index (χ3n) is 11.4. The fourth-order valence-corrected chi connectivity index (χ4v) is 9.04. The van der Waals surface area contributed by atoms with Gasteiger partial charge in [-0.15, -0.1) is 0 Å². The van der Waals surface area contributed by atoms with Gasteiger partial charge < -0.3 is 29.7 Å². The molecule has 300 valence electrons. The zero-order chi connectivity index (χ0) is 39.9. The molecule has 0 spiro atoms. The van der Waals surface area contributed by atoms with Crippen LogP contribution < -0.4 is 24.8 Å². The van der Waals surface area contributed by atoms with Crippen LogP contribution in [0, 0.1) is 17.8 Å². The van der Waals surface area contributed by atoms with Crippen LogP contribution in [-0.2, 0) is 29.1 Å². The molecule has 2 aliphatic carbocycles. The summed E-state index contributed by atoms with van der Waals surface area (Å²) in [6.07, 6.45) is 7.82. The molecule has 0 bridgehead atoms. The molecule has 0 unspecified atom stereocenters. The van der Waals surface area contributed by atoms with E-state index in [9.17, 15) is 27.6 Å². The summed E-state index contributed by atoms with van der Waals surface area (Å²) in [6, 6.07) is 5.15. The van der Waals surface area contributed by atoms with E-state index in [1.807, 2.05) is 43.3 Å². The summed E-state index contributed by atoms with van der Waals surface area (Å²) in [5.74, 6) is -1.38. The second kappa shape index (κ2) is 15.3. The highest BCUT2D eigenvalue weighted by molar-refractivity contribution is 7.91. The Labute approximate surface area is 323 Å². The molecule has 15 heteroatoms. The molecule has 3 N–H and O–H groups in total. The van der Waals surface area contributed by atoms with Gasteiger partial charge in [-0.3, -0.25) is 24.1 Å². The fraction of sp³-hybridized carbons (Fsp3) is 0.625. The third kappa shape index (κ3) is 8.86. The Morgan fingerprint density at radius 1 is 1.11 bits per heavy atom. The third-order valence-corrected chi connectivity index (χ3v) is 13.6. The minimum absolute atomic E-state index is 0.000810. The van der Waals surface area contributed by atoms with E-state index in [4.69, 9.17) is 14.2 Å². The van der Waals surface area contributed by atoms with Crippen molar-refractivity contribution in [3.8, 4) is 11.5 Å². The largest absolute Gasteiger partial charge is 0.497 e. The average molecular weight is 782 g/mol. The van der Waals surface area contributed by atoms with Crippen molar-refractivity contribution in [1.82, 2.24) is 25.2 Å². The molecule has 7 atom stereocenters. The molecule has 2 aliphatic heterocycles. The summed E-state index contributed by atoms with van der Waals surface area (Å²) in [5, 5.41) is 6.54. The number of sulfonamides is 1. The van der Waals surface area contributed by atoms with Gasteiger partial charge in [0.15, 0.2) is 0 Å². The van der Waals surface area contributed by atoms with Crippen molar-refractivity contribution in [1.29, 1.82) is 0 Å². The lowest BCUT2D eigenvalue weighted by Gasteiger charge is -2.34. The summed E-state index contributed by atoms with van der Waals surface area (Å²) < 4.78 is 45.0. The number of allylic oxidation sites excluding steroid dienone is 1. The number of alkyl carbamates (subject to hydrolysis) is 1. The van der Waals surface area contributed by atoms with E-state index >= 15 is 0 Å². The second-order valence-corrected chi connectivity index (χ2v) is 19.2. The van der Waals surface area contributed by atoms with Crippen LogP contribution >= 0.6 is 0 Å². The highest BCUT2D eigenvalue weighted by Gasteiger charge is 2.63. The number of carbonyl (C=O) groups excluding carboxylic acids is 4. The molecule has 6 rings (SSSR count). The van der Waals surface area contributed by atoms with E-state index < -0.39 is 73.8 Å². The number of amides is 4. The van der Waals surface area contributed by atoms with Crippen LogP contribution in [0.4, 0.5) is 4.79 Å². The predicted molar refractivity (Wildman–Crippen MR) is 206 cm³/mol. The molecule has 4 amide bonds. The Balaban J connectivity index is 1.35. The maximum atomic E-state index is 14.9. The summed E-state index contributed by atoms with van der Waals surface area (Å²) in [7, 11) is -2.42. The van der Waals surface area contributed by atoms with Crippen LogP contribution in [0.5, 0.6) is 11.5 Å². The van der Waals surface area contributed by atoms with Gasteiger partial charge in [0.05, 0.1) is 30.1 Å². The number of pyridine rings is 1. The first-order chi connectivity index (χ1) is 25.9. The SMILES string of the molecule is CC[C@@H]1C[C@H](C)CC/C=C\[C@@H]2C[C@@]2(C(=O)NS(=O)(=O)C2(C)CC2)NC(=O)[C@@H]2C[C@@H](Oc3cnc4ccc(OC)cc4c3)CN2C(=O)[C@H]1NC(=O)OC(C)(C)C. The van der Waals surface area contributed by atoms with Gasteiger partial charge in [-0.2, -0.15) is 0 Å². The second-order valence-electron chi connectivity index (χ2n) is 17.0. The highest BCUT2D eigenvalue weighted by Crippen LogP contribution is 2.47. The Hall–Kier alpha value is -4.40. The Bertz CT molecular complexity index is 1960. The molecular weight excluding hydrogens is 727 g/mol. The van der Waals surface area contributed by atoms with E-state index in [0.717, 1.165) is 17.3 Å². The van der Waals surface area contributed by atoms with Gasteiger partial charge in [0.25, 0.3) is 5.91 Å². The van der Waals surface area contributed by atoms with Gasteiger partial charge in [0.1, 0.15) is 40.8 Å². The van der Waals surface area contributed by atoms with Gasteiger partial charge in [-0.05, 0) is 102 Å². The minimum atomic E-state index is -3.99. The molecule has 3 heterocycles. The number of hydrogen-bond donors (Lipinski definition) is 3. The van der Waals surface area contributed by atoms with Crippen LogP contribution in [0.3, 0.4) is 0 Å². The molecule has 1 saturated heterocycles. The topological polar surface area (TPSA) is 182 Å². The molecule has 2 aromatic rings. The van der Waals surface area contributed by atoms with E-state index in [1.165, 1.54) is 4.90 Å². The van der Waals surface area contributed by atoms with Crippen molar-refractivity contribution in [3.63, 3.8) is 0 Å². The number of ether oxygens (including phenoxy) is 3. The smallest absolute Gasteiger partial charge is 0.408 e. The van der Waals surface area contributed by atoms with Crippen molar-refractivity contribution in [2.24, 2.45) is 17.8 Å². The van der Waals surface area contributed by atoms with E-state index in [2.05, 4.69) is 27.3 Å². The Morgan fingerprint density at radius 3 is 2.51 bits per heavy atom. The van der Waals surface area contributed by atoms with Gasteiger partial charge in [0.2, 0.25) is 21.8 Å². The van der Waals surface area contributed by atoms with Gasteiger partial charge >= 0.3 is 6.09 Å². The monoisotopic (exact) mass is 781 g/mol. The number of carbonyl (C=O) groups is 4. The van der Waals surface area contributed by atoms with Crippen LogP contribution in [-0.4, -0.2) is 89.8 Å². The van der Waals surface area contributed by atoms with Crippen LogP contribution in [0.15, 0.2) is 42.6 Å². The molecule has 2 saturated carbocycles. The predicted octanol–water partition coefficient (Wildman–Crippen LogP) is 4.76. The zero-order valence-corrected chi connectivity index (χ0v) is 33.7. The van der Waals surface area contributed by atoms with Crippen LogP contribution in [0.2, 0.25) is 0 Å². The van der Waals surface area contributed by atoms with Crippen LogP contribution in [0.25, 0.3) is 10.9 Å². The molecule has 14 nitrogen and oxygen atoms in total. The quantitative estimate of drug-likeness (QED) is 0.316. The van der Waals surface area contributed by atoms with Gasteiger partial charge in [0, 0.05) is 17.7 Å². The van der Waals surface area contributed by atoms with Crippen molar-refractivity contribution in [3.05, 3.63) is 42.6 Å². The molecule has 1 aromatic heterocycles.